The van der Waals surface area contributed by atoms with Gasteiger partial charge in [-0.05, 0) is 48.5 Å². The van der Waals surface area contributed by atoms with Gasteiger partial charge in [-0.15, -0.1) is 0 Å². The first kappa shape index (κ1) is 20.7. The van der Waals surface area contributed by atoms with Crippen LogP contribution in [0.1, 0.15) is 5.69 Å². The summed E-state index contributed by atoms with van der Waals surface area (Å²) < 4.78 is 1.55. The molecule has 0 spiro atoms. The molecule has 2 heterocycles. The van der Waals surface area contributed by atoms with Gasteiger partial charge in [-0.1, -0.05) is 41.4 Å². The van der Waals surface area contributed by atoms with Gasteiger partial charge >= 0.3 is 6.03 Å². The third kappa shape index (κ3) is 4.79. The lowest BCUT2D eigenvalue weighted by molar-refractivity contribution is 0.251. The molecular weight excluding hydrogens is 435 g/mol. The van der Waals surface area contributed by atoms with Crippen LogP contribution in [0.4, 0.5) is 16.3 Å². The Hall–Kier alpha value is -3.55. The minimum atomic E-state index is -0.428. The predicted octanol–water partition coefficient (Wildman–Crippen LogP) is 5.15. The van der Waals surface area contributed by atoms with E-state index in [4.69, 9.17) is 28.9 Å². The fourth-order valence-electron chi connectivity index (χ4n) is 2.97. The summed E-state index contributed by atoms with van der Waals surface area (Å²) in [5.74, 6) is 0.278. The quantitative estimate of drug-likeness (QED) is 0.390. The molecule has 2 aromatic carbocycles. The van der Waals surface area contributed by atoms with Crippen LogP contribution in [0.15, 0.2) is 72.9 Å². The maximum absolute atomic E-state index is 12.6. The zero-order valence-corrected chi connectivity index (χ0v) is 17.7. The van der Waals surface area contributed by atoms with Crippen LogP contribution in [-0.4, -0.2) is 20.8 Å². The molecule has 0 aliphatic rings. The van der Waals surface area contributed by atoms with Crippen molar-refractivity contribution in [2.75, 3.05) is 11.1 Å². The molecule has 4 aromatic rings. The molecule has 0 aliphatic carbocycles. The molecule has 0 saturated heterocycles. The number of rotatable bonds is 5. The minimum Gasteiger partial charge on any atom is -0.382 e. The zero-order chi connectivity index (χ0) is 21.8. The highest BCUT2D eigenvalue weighted by Crippen LogP contribution is 2.34. The Bertz CT molecular complexity index is 1190. The molecule has 0 aliphatic heterocycles. The van der Waals surface area contributed by atoms with Crippen molar-refractivity contribution in [1.29, 1.82) is 0 Å². The van der Waals surface area contributed by atoms with Gasteiger partial charge in [-0.3, -0.25) is 4.98 Å². The van der Waals surface area contributed by atoms with E-state index in [1.165, 1.54) is 0 Å². The van der Waals surface area contributed by atoms with Gasteiger partial charge in [0.2, 0.25) is 0 Å². The summed E-state index contributed by atoms with van der Waals surface area (Å²) in [5, 5.41) is 11.4. The summed E-state index contributed by atoms with van der Waals surface area (Å²) in [7, 11) is 0. The Kier molecular flexibility index (Phi) is 6.06. The van der Waals surface area contributed by atoms with E-state index in [1.54, 1.807) is 47.3 Å². The molecule has 31 heavy (non-hydrogen) atoms. The normalized spacial score (nSPS) is 10.6. The Balaban J connectivity index is 1.66. The number of nitrogens with one attached hydrogen (secondary N) is 2. The van der Waals surface area contributed by atoms with Gasteiger partial charge in [-0.2, -0.15) is 5.10 Å². The van der Waals surface area contributed by atoms with Crippen molar-refractivity contribution in [2.45, 2.75) is 6.54 Å². The second kappa shape index (κ2) is 9.07. The lowest BCUT2D eigenvalue weighted by Crippen LogP contribution is -2.29. The maximum Gasteiger partial charge on any atom is 0.319 e. The van der Waals surface area contributed by atoms with Crippen LogP contribution in [0.2, 0.25) is 10.0 Å². The van der Waals surface area contributed by atoms with Gasteiger partial charge in [0.05, 0.1) is 17.9 Å². The number of halogens is 2. The van der Waals surface area contributed by atoms with Crippen molar-refractivity contribution in [3.8, 4) is 16.9 Å². The predicted molar refractivity (Wildman–Crippen MR) is 124 cm³/mol. The number of pyridine rings is 1. The number of nitrogens with two attached hydrogens (primary N) is 1. The number of anilines is 2. The number of aromatic nitrogens is 3. The molecule has 7 nitrogen and oxygen atoms in total. The van der Waals surface area contributed by atoms with Crippen LogP contribution in [0, 0.1) is 0 Å². The highest BCUT2D eigenvalue weighted by Gasteiger charge is 2.20. The monoisotopic (exact) mass is 452 g/mol. The number of urea groups is 1. The molecule has 0 unspecified atom stereocenters. The number of hydrogen-bond donors (Lipinski definition) is 3. The molecule has 0 bridgehead atoms. The number of amides is 2. The van der Waals surface area contributed by atoms with Gasteiger partial charge in [0.15, 0.2) is 5.82 Å². The topological polar surface area (TPSA) is 97.9 Å². The van der Waals surface area contributed by atoms with Gasteiger partial charge in [0.25, 0.3) is 0 Å². The van der Waals surface area contributed by atoms with Crippen LogP contribution < -0.4 is 16.4 Å². The minimum absolute atomic E-state index is 0.272. The Labute approximate surface area is 188 Å². The van der Waals surface area contributed by atoms with E-state index in [0.29, 0.717) is 27.1 Å². The summed E-state index contributed by atoms with van der Waals surface area (Å²) in [6.07, 6.45) is 1.67. The van der Waals surface area contributed by atoms with Gasteiger partial charge < -0.3 is 16.4 Å². The smallest absolute Gasteiger partial charge is 0.319 e. The fraction of sp³-hybridized carbons (Fsp3) is 0.0455. The van der Waals surface area contributed by atoms with E-state index in [9.17, 15) is 4.79 Å². The SMILES string of the molecule is Nc1c(NC(=O)NCc2ccccn2)c(-c2ccc(Cl)cc2)nn1-c1ccc(Cl)cc1. The van der Waals surface area contributed by atoms with E-state index < -0.39 is 6.03 Å². The molecule has 0 atom stereocenters. The first-order chi connectivity index (χ1) is 15.0. The van der Waals surface area contributed by atoms with Crippen LogP contribution in [-0.2, 0) is 6.54 Å². The second-order valence-corrected chi connectivity index (χ2v) is 7.51. The lowest BCUT2D eigenvalue weighted by atomic mass is 10.1. The van der Waals surface area contributed by atoms with Crippen molar-refractivity contribution >= 4 is 40.7 Å². The first-order valence-electron chi connectivity index (χ1n) is 9.36. The Morgan fingerprint density at radius 3 is 2.29 bits per heavy atom. The van der Waals surface area contributed by atoms with Crippen molar-refractivity contribution in [1.82, 2.24) is 20.1 Å². The molecule has 4 rings (SSSR count). The van der Waals surface area contributed by atoms with Crippen LogP contribution in [0.3, 0.4) is 0 Å². The molecule has 2 aromatic heterocycles. The first-order valence-corrected chi connectivity index (χ1v) is 10.1. The van der Waals surface area contributed by atoms with Gasteiger partial charge in [0, 0.05) is 21.8 Å². The average molecular weight is 453 g/mol. The molecular formula is C22H18Cl2N6O. The van der Waals surface area contributed by atoms with E-state index in [-0.39, 0.29) is 12.4 Å². The summed E-state index contributed by atoms with van der Waals surface area (Å²) >= 11 is 12.0. The van der Waals surface area contributed by atoms with E-state index >= 15 is 0 Å². The second-order valence-electron chi connectivity index (χ2n) is 6.63. The van der Waals surface area contributed by atoms with Crippen LogP contribution in [0.5, 0.6) is 0 Å². The van der Waals surface area contributed by atoms with Crippen molar-refractivity contribution in [3.05, 3.63) is 88.7 Å². The molecule has 0 radical (unpaired) electrons. The molecule has 4 N–H and O–H groups in total. The molecule has 0 fully saturated rings. The number of nitrogens with zero attached hydrogens (tertiary/aromatic N) is 3. The summed E-state index contributed by atoms with van der Waals surface area (Å²) in [6.45, 7) is 0.272. The van der Waals surface area contributed by atoms with E-state index in [0.717, 1.165) is 11.3 Å². The van der Waals surface area contributed by atoms with Gasteiger partial charge in [0.1, 0.15) is 11.4 Å². The number of nitrogen functional groups attached to an aromatic ring is 1. The fourth-order valence-corrected chi connectivity index (χ4v) is 3.23. The molecule has 2 amide bonds. The average Bonchev–Trinajstić information content (AvgIpc) is 3.10. The maximum atomic E-state index is 12.6. The lowest BCUT2D eigenvalue weighted by Gasteiger charge is -2.09. The van der Waals surface area contributed by atoms with Crippen molar-refractivity contribution < 1.29 is 4.79 Å². The molecule has 0 saturated carbocycles. The standard InChI is InChI=1S/C22H18Cl2N6O/c23-15-6-4-14(5-7-15)19-20(28-22(31)27-13-17-3-1-2-12-26-17)21(25)30(29-19)18-10-8-16(24)9-11-18/h1-12H,13,25H2,(H2,27,28,31). The van der Waals surface area contributed by atoms with Crippen LogP contribution in [0.25, 0.3) is 16.9 Å². The summed E-state index contributed by atoms with van der Waals surface area (Å²) in [5.41, 5.74) is 9.48. The van der Waals surface area contributed by atoms with Gasteiger partial charge in [-0.25, -0.2) is 9.48 Å². The number of carbonyl (C=O) groups excluding carboxylic acids is 1. The zero-order valence-electron chi connectivity index (χ0n) is 16.2. The van der Waals surface area contributed by atoms with Crippen molar-refractivity contribution in [3.63, 3.8) is 0 Å². The summed E-state index contributed by atoms with van der Waals surface area (Å²) in [4.78, 5) is 16.8. The Morgan fingerprint density at radius 1 is 0.968 bits per heavy atom. The third-order valence-electron chi connectivity index (χ3n) is 4.50. The number of carbonyl (C=O) groups is 1. The molecule has 156 valence electrons. The highest BCUT2D eigenvalue weighted by atomic mass is 35.5. The van der Waals surface area contributed by atoms with Crippen LogP contribution >= 0.6 is 23.2 Å². The highest BCUT2D eigenvalue weighted by molar-refractivity contribution is 6.30. The number of benzene rings is 2. The molecule has 9 heteroatoms. The Morgan fingerprint density at radius 2 is 1.65 bits per heavy atom. The number of hydrogen-bond acceptors (Lipinski definition) is 4. The van der Waals surface area contributed by atoms with E-state index in [2.05, 4.69) is 20.7 Å². The third-order valence-corrected chi connectivity index (χ3v) is 5.01. The van der Waals surface area contributed by atoms with Crippen molar-refractivity contribution in [2.24, 2.45) is 0 Å². The van der Waals surface area contributed by atoms with E-state index in [1.807, 2.05) is 30.3 Å². The largest absolute Gasteiger partial charge is 0.382 e. The summed E-state index contributed by atoms with van der Waals surface area (Å²) in [6, 6.07) is 19.3.